The highest BCUT2D eigenvalue weighted by molar-refractivity contribution is 5.98. The van der Waals surface area contributed by atoms with E-state index in [9.17, 15) is 5.11 Å². The highest BCUT2D eigenvalue weighted by Crippen LogP contribution is 2.37. The van der Waals surface area contributed by atoms with Crippen molar-refractivity contribution >= 4 is 11.0 Å². The van der Waals surface area contributed by atoms with Crippen LogP contribution in [0, 0.1) is 6.92 Å². The third-order valence-electron chi connectivity index (χ3n) is 4.11. The van der Waals surface area contributed by atoms with Gasteiger partial charge in [0.15, 0.2) is 0 Å². The number of phenolic OH excluding ortho intramolecular Hbond substituents is 1. The Morgan fingerprint density at radius 1 is 1.09 bits per heavy atom. The van der Waals surface area contributed by atoms with Crippen LogP contribution in [0.2, 0.25) is 0 Å². The van der Waals surface area contributed by atoms with E-state index >= 15 is 0 Å². The van der Waals surface area contributed by atoms with Crippen LogP contribution >= 0.6 is 0 Å². The molecule has 2 nitrogen and oxygen atoms in total. The zero-order valence-electron chi connectivity index (χ0n) is 13.2. The summed E-state index contributed by atoms with van der Waals surface area (Å²) < 4.78 is 5.71. The summed E-state index contributed by atoms with van der Waals surface area (Å²) in [5.74, 6) is 0.314. The van der Waals surface area contributed by atoms with Crippen molar-refractivity contribution in [3.8, 4) is 16.9 Å². The predicted octanol–water partition coefficient (Wildman–Crippen LogP) is 5.85. The molecule has 0 bridgehead atoms. The predicted molar refractivity (Wildman–Crippen MR) is 91.3 cm³/mol. The molecule has 22 heavy (non-hydrogen) atoms. The zero-order chi connectivity index (χ0) is 15.5. The molecule has 0 saturated carbocycles. The smallest absolute Gasteiger partial charge is 0.138 e. The summed E-state index contributed by atoms with van der Waals surface area (Å²) >= 11 is 0. The van der Waals surface area contributed by atoms with Gasteiger partial charge in [-0.2, -0.15) is 0 Å². The van der Waals surface area contributed by atoms with Gasteiger partial charge in [0.25, 0.3) is 0 Å². The van der Waals surface area contributed by atoms with Crippen molar-refractivity contribution in [2.24, 2.45) is 0 Å². The van der Waals surface area contributed by atoms with Crippen LogP contribution in [-0.2, 0) is 6.42 Å². The second-order valence-electron chi connectivity index (χ2n) is 5.96. The summed E-state index contributed by atoms with van der Waals surface area (Å²) in [4.78, 5) is 0. The summed E-state index contributed by atoms with van der Waals surface area (Å²) in [5, 5.41) is 11.3. The first kappa shape index (κ1) is 14.7. The molecule has 0 amide bonds. The van der Waals surface area contributed by atoms with E-state index in [0.29, 0.717) is 5.75 Å². The second kappa shape index (κ2) is 6.27. The van der Waals surface area contributed by atoms with Gasteiger partial charge in [0, 0.05) is 5.56 Å². The third-order valence-corrected chi connectivity index (χ3v) is 4.11. The molecule has 0 aliphatic carbocycles. The number of aryl methyl sites for hydroxylation is 2. The molecule has 0 spiro atoms. The monoisotopic (exact) mass is 294 g/mol. The SMILES string of the molecule is CCCCCc1cc(O)c2c(-c3cccc(C)c3)coc2c1. The quantitative estimate of drug-likeness (QED) is 0.599. The lowest BCUT2D eigenvalue weighted by Crippen LogP contribution is -1.86. The number of hydrogen-bond acceptors (Lipinski definition) is 2. The summed E-state index contributed by atoms with van der Waals surface area (Å²) in [6, 6.07) is 12.2. The summed E-state index contributed by atoms with van der Waals surface area (Å²) in [5.41, 5.74) is 5.14. The van der Waals surface area contributed by atoms with Gasteiger partial charge in [-0.1, -0.05) is 49.6 Å². The molecule has 114 valence electrons. The molecule has 1 N–H and O–H groups in total. The van der Waals surface area contributed by atoms with Gasteiger partial charge in [-0.15, -0.1) is 0 Å². The average Bonchev–Trinajstić information content (AvgIpc) is 2.92. The van der Waals surface area contributed by atoms with Crippen molar-refractivity contribution in [3.05, 3.63) is 53.8 Å². The third kappa shape index (κ3) is 2.87. The van der Waals surface area contributed by atoms with Gasteiger partial charge in [0.1, 0.15) is 11.3 Å². The molecule has 0 aliphatic heterocycles. The van der Waals surface area contributed by atoms with E-state index in [-0.39, 0.29) is 0 Å². The van der Waals surface area contributed by atoms with E-state index in [1.807, 2.05) is 18.2 Å². The molecule has 2 aromatic carbocycles. The van der Waals surface area contributed by atoms with E-state index in [0.717, 1.165) is 40.5 Å². The van der Waals surface area contributed by atoms with E-state index in [1.54, 1.807) is 6.26 Å². The molecule has 0 atom stereocenters. The Balaban J connectivity index is 2.01. The zero-order valence-corrected chi connectivity index (χ0v) is 13.2. The molecule has 0 unspecified atom stereocenters. The Hall–Kier alpha value is -2.22. The normalized spacial score (nSPS) is 11.2. The van der Waals surface area contributed by atoms with Crippen molar-refractivity contribution in [2.45, 2.75) is 39.5 Å². The van der Waals surface area contributed by atoms with Crippen molar-refractivity contribution in [3.63, 3.8) is 0 Å². The van der Waals surface area contributed by atoms with Crippen LogP contribution < -0.4 is 0 Å². The second-order valence-corrected chi connectivity index (χ2v) is 5.96. The molecule has 3 aromatic rings. The number of fused-ring (bicyclic) bond motifs is 1. The average molecular weight is 294 g/mol. The first-order valence-electron chi connectivity index (χ1n) is 7.99. The van der Waals surface area contributed by atoms with Gasteiger partial charge in [0.05, 0.1) is 11.6 Å². The fourth-order valence-electron chi connectivity index (χ4n) is 2.95. The van der Waals surface area contributed by atoms with Crippen LogP contribution in [0.15, 0.2) is 47.1 Å². The molecule has 1 heterocycles. The molecule has 3 rings (SSSR count). The van der Waals surface area contributed by atoms with Gasteiger partial charge in [0.2, 0.25) is 0 Å². The van der Waals surface area contributed by atoms with E-state index in [2.05, 4.69) is 32.0 Å². The van der Waals surface area contributed by atoms with Crippen LogP contribution in [-0.4, -0.2) is 5.11 Å². The summed E-state index contributed by atoms with van der Waals surface area (Å²) in [7, 11) is 0. The fraction of sp³-hybridized carbons (Fsp3) is 0.300. The Labute approximate surface area is 131 Å². The first-order chi connectivity index (χ1) is 10.7. The minimum Gasteiger partial charge on any atom is -0.507 e. The maximum absolute atomic E-state index is 10.4. The Morgan fingerprint density at radius 2 is 1.95 bits per heavy atom. The summed E-state index contributed by atoms with van der Waals surface area (Å²) in [6.07, 6.45) is 6.29. The topological polar surface area (TPSA) is 33.4 Å². The van der Waals surface area contributed by atoms with Gasteiger partial charge >= 0.3 is 0 Å². The Morgan fingerprint density at radius 3 is 2.73 bits per heavy atom. The van der Waals surface area contributed by atoms with Gasteiger partial charge < -0.3 is 9.52 Å². The number of benzene rings is 2. The number of furan rings is 1. The molecular formula is C20H22O2. The van der Waals surface area contributed by atoms with Crippen LogP contribution in [0.25, 0.3) is 22.1 Å². The molecule has 0 fully saturated rings. The van der Waals surface area contributed by atoms with Crippen molar-refractivity contribution in [1.82, 2.24) is 0 Å². The molecular weight excluding hydrogens is 272 g/mol. The Kier molecular flexibility index (Phi) is 4.19. The van der Waals surface area contributed by atoms with Crippen LogP contribution in [0.3, 0.4) is 0 Å². The number of phenols is 1. The lowest BCUT2D eigenvalue weighted by atomic mass is 10.00. The fourth-order valence-corrected chi connectivity index (χ4v) is 2.95. The van der Waals surface area contributed by atoms with Crippen molar-refractivity contribution in [2.75, 3.05) is 0 Å². The largest absolute Gasteiger partial charge is 0.507 e. The standard InChI is InChI=1S/C20H22O2/c1-3-4-5-8-15-11-18(21)20-17(13-22-19(20)12-15)16-9-6-7-14(2)10-16/h6-7,9-13,21H,3-5,8H2,1-2H3. The maximum Gasteiger partial charge on any atom is 0.138 e. The van der Waals surface area contributed by atoms with Gasteiger partial charge in [-0.3, -0.25) is 0 Å². The van der Waals surface area contributed by atoms with Crippen molar-refractivity contribution in [1.29, 1.82) is 0 Å². The van der Waals surface area contributed by atoms with Crippen molar-refractivity contribution < 1.29 is 9.52 Å². The Bertz CT molecular complexity index is 784. The molecule has 0 saturated heterocycles. The lowest BCUT2D eigenvalue weighted by Gasteiger charge is -2.05. The molecule has 0 radical (unpaired) electrons. The van der Waals surface area contributed by atoms with E-state index in [4.69, 9.17) is 4.42 Å². The highest BCUT2D eigenvalue weighted by Gasteiger charge is 2.13. The van der Waals surface area contributed by atoms with Crippen LogP contribution in [0.5, 0.6) is 5.75 Å². The number of aromatic hydroxyl groups is 1. The first-order valence-corrected chi connectivity index (χ1v) is 7.99. The van der Waals surface area contributed by atoms with E-state index in [1.165, 1.54) is 18.4 Å². The molecule has 1 aromatic heterocycles. The molecule has 2 heteroatoms. The molecule has 0 aliphatic rings. The number of unbranched alkanes of at least 4 members (excludes halogenated alkanes) is 2. The minimum absolute atomic E-state index is 0.314. The van der Waals surface area contributed by atoms with E-state index < -0.39 is 0 Å². The van der Waals surface area contributed by atoms with Gasteiger partial charge in [-0.25, -0.2) is 0 Å². The minimum atomic E-state index is 0.314. The maximum atomic E-state index is 10.4. The highest BCUT2D eigenvalue weighted by atomic mass is 16.3. The van der Waals surface area contributed by atoms with Crippen LogP contribution in [0.1, 0.15) is 37.3 Å². The lowest BCUT2D eigenvalue weighted by molar-refractivity contribution is 0.480. The summed E-state index contributed by atoms with van der Waals surface area (Å²) in [6.45, 7) is 4.26. The van der Waals surface area contributed by atoms with Gasteiger partial charge in [-0.05, 0) is 43.0 Å². The number of rotatable bonds is 5. The van der Waals surface area contributed by atoms with Crippen LogP contribution in [0.4, 0.5) is 0 Å². The number of hydrogen-bond donors (Lipinski definition) is 1.